The van der Waals surface area contributed by atoms with Crippen LogP contribution in [0, 0.1) is 13.8 Å². The Morgan fingerprint density at radius 2 is 1.89 bits per heavy atom. The molecule has 6 heteroatoms. The van der Waals surface area contributed by atoms with Crippen LogP contribution in [0.5, 0.6) is 0 Å². The number of nitrogens with one attached hydrogen (secondary N) is 2. The molecule has 0 aliphatic carbocycles. The number of likely N-dealkylation sites (N-methyl/N-ethyl adjacent to an activating group) is 1. The minimum Gasteiger partial charge on any atom is -0.355 e. The predicted octanol–water partition coefficient (Wildman–Crippen LogP) is 2.09. The first-order valence-electron chi connectivity index (χ1n) is 6.06. The molecular weight excluding hydrogens is 284 g/mol. The fourth-order valence-corrected chi connectivity index (χ4v) is 2.63. The molecule has 0 bridgehead atoms. The minimum absolute atomic E-state index is 0. The van der Waals surface area contributed by atoms with Crippen LogP contribution in [0.15, 0.2) is 6.07 Å². The number of halogens is 1. The van der Waals surface area contributed by atoms with Gasteiger partial charge in [-0.1, -0.05) is 0 Å². The maximum absolute atomic E-state index is 11.9. The molecule has 0 saturated heterocycles. The van der Waals surface area contributed by atoms with Crippen LogP contribution in [0.2, 0.25) is 0 Å². The lowest BCUT2D eigenvalue weighted by atomic mass is 10.1. The Hall–Kier alpha value is -0.910. The van der Waals surface area contributed by atoms with E-state index in [1.807, 2.05) is 27.0 Å². The van der Waals surface area contributed by atoms with E-state index in [1.54, 1.807) is 11.3 Å². The number of thiophene rings is 1. The van der Waals surface area contributed by atoms with Crippen molar-refractivity contribution in [2.45, 2.75) is 26.7 Å². The maximum atomic E-state index is 11.9. The van der Waals surface area contributed by atoms with Crippen LogP contribution < -0.4 is 10.6 Å². The Labute approximate surface area is 124 Å². The molecule has 0 atom stereocenters. The van der Waals surface area contributed by atoms with Crippen molar-refractivity contribution >= 4 is 35.4 Å². The Bertz CT molecular complexity index is 432. The van der Waals surface area contributed by atoms with Gasteiger partial charge in [-0.15, -0.1) is 23.7 Å². The zero-order chi connectivity index (χ0) is 13.5. The van der Waals surface area contributed by atoms with Crippen molar-refractivity contribution in [2.75, 3.05) is 20.1 Å². The SMILES string of the molecule is CNCCNC(=O)CCC(=O)c1cc(C)sc1C.Cl. The van der Waals surface area contributed by atoms with E-state index in [2.05, 4.69) is 10.6 Å². The molecule has 0 aliphatic heterocycles. The third kappa shape index (κ3) is 6.18. The Kier molecular flexibility index (Phi) is 8.63. The first-order chi connectivity index (χ1) is 8.54. The molecule has 0 fully saturated rings. The molecule has 108 valence electrons. The lowest BCUT2D eigenvalue weighted by Gasteiger charge is -2.04. The summed E-state index contributed by atoms with van der Waals surface area (Å²) in [5.74, 6) is -0.0104. The highest BCUT2D eigenvalue weighted by molar-refractivity contribution is 7.12. The highest BCUT2D eigenvalue weighted by atomic mass is 35.5. The van der Waals surface area contributed by atoms with E-state index in [9.17, 15) is 9.59 Å². The molecular formula is C13H21ClN2O2S. The number of carbonyl (C=O) groups excluding carboxylic acids is 2. The van der Waals surface area contributed by atoms with E-state index in [0.717, 1.165) is 21.9 Å². The largest absolute Gasteiger partial charge is 0.355 e. The van der Waals surface area contributed by atoms with Crippen molar-refractivity contribution in [3.05, 3.63) is 21.4 Å². The number of Topliss-reactive ketones (excluding diaryl/α,β-unsaturated/α-hetero) is 1. The first kappa shape index (κ1) is 18.1. The van der Waals surface area contributed by atoms with E-state index in [-0.39, 0.29) is 36.9 Å². The fraction of sp³-hybridized carbons (Fsp3) is 0.538. The molecule has 0 aliphatic rings. The first-order valence-corrected chi connectivity index (χ1v) is 6.87. The Morgan fingerprint density at radius 1 is 1.21 bits per heavy atom. The van der Waals surface area contributed by atoms with E-state index >= 15 is 0 Å². The zero-order valence-electron chi connectivity index (χ0n) is 11.5. The van der Waals surface area contributed by atoms with Crippen LogP contribution in [-0.2, 0) is 4.79 Å². The van der Waals surface area contributed by atoms with Gasteiger partial charge >= 0.3 is 0 Å². The predicted molar refractivity (Wildman–Crippen MR) is 81.5 cm³/mol. The molecule has 0 unspecified atom stereocenters. The standard InChI is InChI=1S/C13H20N2O2S.ClH/c1-9-8-11(10(2)18-9)12(16)4-5-13(17)15-7-6-14-3;/h8,14H,4-7H2,1-3H3,(H,15,17);1H. The van der Waals surface area contributed by atoms with Gasteiger partial charge < -0.3 is 10.6 Å². The second-order valence-corrected chi connectivity index (χ2v) is 5.66. The lowest BCUT2D eigenvalue weighted by molar-refractivity contribution is -0.121. The quantitative estimate of drug-likeness (QED) is 0.599. The monoisotopic (exact) mass is 304 g/mol. The van der Waals surface area contributed by atoms with Gasteiger partial charge in [0.05, 0.1) is 0 Å². The molecule has 0 spiro atoms. The third-order valence-corrected chi connectivity index (χ3v) is 3.58. The van der Waals surface area contributed by atoms with Crippen molar-refractivity contribution in [1.29, 1.82) is 0 Å². The summed E-state index contributed by atoms with van der Waals surface area (Å²) < 4.78 is 0. The smallest absolute Gasteiger partial charge is 0.220 e. The third-order valence-electron chi connectivity index (χ3n) is 2.62. The summed E-state index contributed by atoms with van der Waals surface area (Å²) in [6, 6.07) is 1.90. The van der Waals surface area contributed by atoms with Crippen LogP contribution in [-0.4, -0.2) is 31.8 Å². The van der Waals surface area contributed by atoms with Gasteiger partial charge in [0.25, 0.3) is 0 Å². The summed E-state index contributed by atoms with van der Waals surface area (Å²) in [7, 11) is 1.83. The summed E-state index contributed by atoms with van der Waals surface area (Å²) in [6.07, 6.45) is 0.541. The summed E-state index contributed by atoms with van der Waals surface area (Å²) in [4.78, 5) is 25.6. The topological polar surface area (TPSA) is 58.2 Å². The maximum Gasteiger partial charge on any atom is 0.220 e. The molecule has 0 saturated carbocycles. The van der Waals surface area contributed by atoms with Gasteiger partial charge in [-0.2, -0.15) is 0 Å². The molecule has 2 N–H and O–H groups in total. The van der Waals surface area contributed by atoms with Crippen LogP contribution in [0.4, 0.5) is 0 Å². The number of carbonyl (C=O) groups is 2. The van der Waals surface area contributed by atoms with Gasteiger partial charge in [-0.05, 0) is 27.0 Å². The van der Waals surface area contributed by atoms with Crippen molar-refractivity contribution in [2.24, 2.45) is 0 Å². The fourth-order valence-electron chi connectivity index (χ4n) is 1.68. The number of rotatable bonds is 7. The molecule has 1 aromatic heterocycles. The molecule has 1 aromatic rings. The van der Waals surface area contributed by atoms with E-state index in [4.69, 9.17) is 0 Å². The van der Waals surface area contributed by atoms with Crippen molar-refractivity contribution in [1.82, 2.24) is 10.6 Å². The molecule has 1 heterocycles. The summed E-state index contributed by atoms with van der Waals surface area (Å²) in [5, 5.41) is 5.70. The van der Waals surface area contributed by atoms with Gasteiger partial charge in [-0.25, -0.2) is 0 Å². The lowest BCUT2D eigenvalue weighted by Crippen LogP contribution is -2.30. The van der Waals surface area contributed by atoms with E-state index in [0.29, 0.717) is 6.54 Å². The Morgan fingerprint density at radius 3 is 2.42 bits per heavy atom. The number of hydrogen-bond acceptors (Lipinski definition) is 4. The van der Waals surface area contributed by atoms with Crippen LogP contribution in [0.3, 0.4) is 0 Å². The van der Waals surface area contributed by atoms with Crippen LogP contribution >= 0.6 is 23.7 Å². The molecule has 19 heavy (non-hydrogen) atoms. The second-order valence-electron chi connectivity index (χ2n) is 4.20. The number of amides is 1. The van der Waals surface area contributed by atoms with Crippen molar-refractivity contribution in [3.63, 3.8) is 0 Å². The number of hydrogen-bond donors (Lipinski definition) is 2. The second kappa shape index (κ2) is 9.07. The van der Waals surface area contributed by atoms with Gasteiger partial charge in [-0.3, -0.25) is 9.59 Å². The van der Waals surface area contributed by atoms with Gasteiger partial charge in [0.2, 0.25) is 5.91 Å². The highest BCUT2D eigenvalue weighted by Gasteiger charge is 2.13. The molecule has 1 amide bonds. The van der Waals surface area contributed by atoms with Gasteiger partial charge in [0, 0.05) is 41.2 Å². The summed E-state index contributed by atoms with van der Waals surface area (Å²) in [6.45, 7) is 5.26. The van der Waals surface area contributed by atoms with Crippen LogP contribution in [0.1, 0.15) is 33.0 Å². The van der Waals surface area contributed by atoms with E-state index < -0.39 is 0 Å². The zero-order valence-corrected chi connectivity index (χ0v) is 13.2. The van der Waals surface area contributed by atoms with Crippen molar-refractivity contribution in [3.8, 4) is 0 Å². The normalized spacial score (nSPS) is 9.84. The number of aryl methyl sites for hydroxylation is 2. The minimum atomic E-state index is -0.0665. The van der Waals surface area contributed by atoms with Gasteiger partial charge in [0.1, 0.15) is 0 Å². The molecule has 0 aromatic carbocycles. The molecule has 1 rings (SSSR count). The average molecular weight is 305 g/mol. The van der Waals surface area contributed by atoms with Crippen molar-refractivity contribution < 1.29 is 9.59 Å². The van der Waals surface area contributed by atoms with E-state index in [1.165, 1.54) is 0 Å². The average Bonchev–Trinajstić information content (AvgIpc) is 2.66. The number of ketones is 1. The Balaban J connectivity index is 0.00000324. The molecule has 0 radical (unpaired) electrons. The molecule has 4 nitrogen and oxygen atoms in total. The summed E-state index contributed by atoms with van der Waals surface area (Å²) in [5.41, 5.74) is 0.764. The summed E-state index contributed by atoms with van der Waals surface area (Å²) >= 11 is 1.62. The van der Waals surface area contributed by atoms with Gasteiger partial charge in [0.15, 0.2) is 5.78 Å². The van der Waals surface area contributed by atoms with Crippen LogP contribution in [0.25, 0.3) is 0 Å². The highest BCUT2D eigenvalue weighted by Crippen LogP contribution is 2.22.